The molecule has 1 aromatic heterocycles. The summed E-state index contributed by atoms with van der Waals surface area (Å²) in [6, 6.07) is 3.26. The lowest BCUT2D eigenvalue weighted by molar-refractivity contribution is -0.802. The van der Waals surface area contributed by atoms with E-state index >= 15 is 0 Å². The molecule has 41 heavy (non-hydrogen) atoms. The van der Waals surface area contributed by atoms with E-state index < -0.39 is 47.8 Å². The largest absolute Gasteiger partial charge is 0.416 e. The van der Waals surface area contributed by atoms with Crippen molar-refractivity contribution in [2.45, 2.75) is 63.0 Å². The lowest BCUT2D eigenvalue weighted by Gasteiger charge is -2.39. The molecule has 2 heterocycles. The van der Waals surface area contributed by atoms with Gasteiger partial charge in [0.1, 0.15) is 6.54 Å². The first-order valence-corrected chi connectivity index (χ1v) is 12.7. The molecule has 2 unspecified atom stereocenters. The van der Waals surface area contributed by atoms with Gasteiger partial charge < -0.3 is 16.0 Å². The van der Waals surface area contributed by atoms with Crippen LogP contribution in [0.3, 0.4) is 0 Å². The number of fused-ring (bicyclic) bond motifs is 1. The van der Waals surface area contributed by atoms with Gasteiger partial charge in [0, 0.05) is 29.9 Å². The number of aromatic nitrogens is 4. The van der Waals surface area contributed by atoms with E-state index in [1.165, 1.54) is 15.8 Å². The number of rotatable bonds is 7. The maximum Gasteiger partial charge on any atom is 0.416 e. The number of H-pyrrole nitrogens is 1. The molecule has 222 valence electrons. The number of halogens is 9. The topological polar surface area (TPSA) is 86.7 Å². The Labute approximate surface area is 227 Å². The average Bonchev–Trinajstić information content (AvgIpc) is 3.63. The molecule has 7 nitrogen and oxygen atoms in total. The Morgan fingerprint density at radius 1 is 0.878 bits per heavy atom. The second-order valence-corrected chi connectivity index (χ2v) is 10.2. The number of alkyl halides is 9. The van der Waals surface area contributed by atoms with Crippen molar-refractivity contribution in [3.05, 3.63) is 64.2 Å². The highest BCUT2D eigenvalue weighted by Gasteiger charge is 2.43. The van der Waals surface area contributed by atoms with Gasteiger partial charge in [-0.3, -0.25) is 0 Å². The van der Waals surface area contributed by atoms with Crippen molar-refractivity contribution in [1.29, 1.82) is 0 Å². The summed E-state index contributed by atoms with van der Waals surface area (Å²) >= 11 is 0. The van der Waals surface area contributed by atoms with Crippen LogP contribution in [0.5, 0.6) is 0 Å². The first kappa shape index (κ1) is 29.0. The maximum atomic E-state index is 13.7. The van der Waals surface area contributed by atoms with Gasteiger partial charge in [-0.2, -0.15) is 39.5 Å². The summed E-state index contributed by atoms with van der Waals surface area (Å²) < 4.78 is 123. The third kappa shape index (κ3) is 6.36. The normalized spacial score (nSPS) is 19.6. The average molecular weight is 595 g/mol. The van der Waals surface area contributed by atoms with Gasteiger partial charge in [-0.25, -0.2) is 0 Å². The summed E-state index contributed by atoms with van der Waals surface area (Å²) in [6.07, 6.45) is -12.9. The lowest BCUT2D eigenvalue weighted by atomic mass is 9.88. The van der Waals surface area contributed by atoms with Crippen LogP contribution in [0.4, 0.5) is 51.1 Å². The van der Waals surface area contributed by atoms with Crippen molar-refractivity contribution in [3.8, 4) is 0 Å². The quantitative estimate of drug-likeness (QED) is 0.250. The Hall–Kier alpha value is -3.56. The zero-order chi connectivity index (χ0) is 29.7. The number of hydrogen-bond donors (Lipinski definition) is 3. The fraction of sp³-hybridized carbons (Fsp3) is 0.480. The second-order valence-electron chi connectivity index (χ2n) is 10.2. The van der Waals surface area contributed by atoms with Crippen LogP contribution >= 0.6 is 0 Å². The van der Waals surface area contributed by atoms with Crippen molar-refractivity contribution in [3.63, 3.8) is 0 Å². The molecule has 0 amide bonds. The molecule has 5 rings (SSSR count). The highest BCUT2D eigenvalue weighted by molar-refractivity contribution is 5.60. The molecule has 1 saturated carbocycles. The number of hydrogen-bond acceptors (Lipinski definition) is 5. The lowest BCUT2D eigenvalue weighted by Crippen LogP contribution is -2.43. The molecular weight excluding hydrogens is 569 g/mol. The Morgan fingerprint density at radius 2 is 1.51 bits per heavy atom. The smallest absolute Gasteiger partial charge is 0.382 e. The summed E-state index contributed by atoms with van der Waals surface area (Å²) in [5.41, 5.74) is 1.81. The standard InChI is InChI=1S/C25H24F9N7/c26-23(27,28)15-3-4-19-18(10-15)21(11-20(36-19)14-1-2-14)40(22-37-39-41(38-22)6-5-35)12-13-7-16(24(29,30)31)9-17(8-13)25(32,33)34/h3-4,7-10,14,20-21,36H,1-2,5-6,11-12,35H2/p+1. The molecule has 3 aromatic rings. The minimum atomic E-state index is -5.07. The van der Waals surface area contributed by atoms with Gasteiger partial charge >= 0.3 is 24.5 Å². The Balaban J connectivity index is 1.64. The zero-order valence-electron chi connectivity index (χ0n) is 21.2. The monoisotopic (exact) mass is 594 g/mol. The summed E-state index contributed by atoms with van der Waals surface area (Å²) in [5, 5.41) is 14.2. The molecular formula is C25H25F9N7+. The molecule has 2 aromatic carbocycles. The van der Waals surface area contributed by atoms with Gasteiger partial charge in [0.2, 0.25) is 0 Å². The van der Waals surface area contributed by atoms with Crippen LogP contribution in [-0.4, -0.2) is 28.0 Å². The zero-order valence-corrected chi connectivity index (χ0v) is 21.2. The fourth-order valence-corrected chi connectivity index (χ4v) is 5.10. The second kappa shape index (κ2) is 10.4. The maximum absolute atomic E-state index is 13.7. The van der Waals surface area contributed by atoms with Gasteiger partial charge in [0.15, 0.2) is 0 Å². The van der Waals surface area contributed by atoms with Crippen LogP contribution < -0.4 is 20.7 Å². The molecule has 2 aliphatic rings. The van der Waals surface area contributed by atoms with Crippen LogP contribution in [0, 0.1) is 5.92 Å². The molecule has 0 spiro atoms. The van der Waals surface area contributed by atoms with E-state index in [-0.39, 0.29) is 54.6 Å². The van der Waals surface area contributed by atoms with Crippen LogP contribution in [0.2, 0.25) is 0 Å². The molecule has 1 aliphatic heterocycles. The minimum absolute atomic E-state index is 0.0222. The predicted molar refractivity (Wildman–Crippen MR) is 127 cm³/mol. The van der Waals surface area contributed by atoms with E-state index in [2.05, 4.69) is 20.7 Å². The molecule has 16 heteroatoms. The van der Waals surface area contributed by atoms with E-state index in [0.717, 1.165) is 25.0 Å². The van der Waals surface area contributed by atoms with E-state index in [9.17, 15) is 39.5 Å². The number of nitrogens with one attached hydrogen (secondary N) is 2. The van der Waals surface area contributed by atoms with E-state index in [4.69, 9.17) is 5.73 Å². The number of nitrogens with zero attached hydrogens (tertiary/aromatic N) is 4. The summed E-state index contributed by atoms with van der Waals surface area (Å²) in [5.74, 6) is 0.101. The fourth-order valence-electron chi connectivity index (χ4n) is 5.10. The first-order chi connectivity index (χ1) is 19.1. The molecule has 1 fully saturated rings. The molecule has 0 radical (unpaired) electrons. The molecule has 0 saturated heterocycles. The third-order valence-electron chi connectivity index (χ3n) is 7.20. The number of tetrazole rings is 1. The number of aromatic amines is 1. The van der Waals surface area contributed by atoms with E-state index in [0.29, 0.717) is 17.8 Å². The van der Waals surface area contributed by atoms with E-state index in [1.807, 2.05) is 0 Å². The first-order valence-electron chi connectivity index (χ1n) is 12.7. The molecule has 1 aliphatic carbocycles. The highest BCUT2D eigenvalue weighted by Crippen LogP contribution is 2.47. The van der Waals surface area contributed by atoms with Crippen LogP contribution in [-0.2, 0) is 31.6 Å². The summed E-state index contributed by atoms with van der Waals surface area (Å²) in [4.78, 5) is 2.57. The van der Waals surface area contributed by atoms with Crippen molar-refractivity contribution >= 4 is 11.6 Å². The van der Waals surface area contributed by atoms with Gasteiger partial charge in [-0.15, -0.1) is 0 Å². The predicted octanol–water partition coefficient (Wildman–Crippen LogP) is 5.45. The molecule has 4 N–H and O–H groups in total. The van der Waals surface area contributed by atoms with Gasteiger partial charge in [-0.1, -0.05) is 4.80 Å². The number of anilines is 2. The summed E-state index contributed by atoms with van der Waals surface area (Å²) in [7, 11) is 0. The number of nitrogens with two attached hydrogens (primary N) is 1. The van der Waals surface area contributed by atoms with Crippen molar-refractivity contribution in [1.82, 2.24) is 15.4 Å². The van der Waals surface area contributed by atoms with Crippen LogP contribution in [0.1, 0.15) is 53.1 Å². The van der Waals surface area contributed by atoms with E-state index in [1.54, 1.807) is 0 Å². The van der Waals surface area contributed by atoms with Crippen LogP contribution in [0.25, 0.3) is 0 Å². The van der Waals surface area contributed by atoms with Crippen molar-refractivity contribution in [2.24, 2.45) is 11.7 Å². The van der Waals surface area contributed by atoms with Crippen molar-refractivity contribution in [2.75, 3.05) is 16.8 Å². The Bertz CT molecular complexity index is 1360. The highest BCUT2D eigenvalue weighted by atomic mass is 19.4. The summed E-state index contributed by atoms with van der Waals surface area (Å²) in [6.45, 7) is -0.254. The van der Waals surface area contributed by atoms with Crippen molar-refractivity contribution < 1.29 is 44.3 Å². The Morgan fingerprint density at radius 3 is 2.07 bits per heavy atom. The molecule has 0 bridgehead atoms. The number of benzene rings is 2. The third-order valence-corrected chi connectivity index (χ3v) is 7.20. The minimum Gasteiger partial charge on any atom is -0.382 e. The van der Waals surface area contributed by atoms with Gasteiger partial charge in [-0.05, 0) is 77.9 Å². The van der Waals surface area contributed by atoms with Gasteiger partial charge in [0.05, 0.1) is 27.8 Å². The van der Waals surface area contributed by atoms with Crippen LogP contribution in [0.15, 0.2) is 36.4 Å². The SMILES string of the molecule is NCC[n+]1nc(N(Cc2cc(C(F)(F)F)cc(C(F)(F)F)c2)C2CC(C3CC3)Nc3ccc(C(F)(F)F)cc32)n[nH]1. The molecule has 2 atom stereocenters. The van der Waals surface area contributed by atoms with Gasteiger partial charge in [0.25, 0.3) is 0 Å². The Kier molecular flexibility index (Phi) is 7.32.